The van der Waals surface area contributed by atoms with Crippen molar-refractivity contribution in [3.63, 3.8) is 0 Å². The summed E-state index contributed by atoms with van der Waals surface area (Å²) in [6, 6.07) is 7.18. The molecule has 3 N–H and O–H groups in total. The first-order chi connectivity index (χ1) is 13.6. The maximum atomic E-state index is 13.0. The molecule has 0 spiro atoms. The summed E-state index contributed by atoms with van der Waals surface area (Å²) in [4.78, 5) is 32.5. The predicted octanol–water partition coefficient (Wildman–Crippen LogP) is 2.40. The first-order valence-corrected chi connectivity index (χ1v) is 9.84. The van der Waals surface area contributed by atoms with Gasteiger partial charge in [0.1, 0.15) is 5.75 Å². The second-order valence-corrected chi connectivity index (χ2v) is 7.34. The summed E-state index contributed by atoms with van der Waals surface area (Å²) in [5, 5.41) is 13.0. The molecule has 0 unspecified atom stereocenters. The maximum Gasteiger partial charge on any atom is 0.330 e. The SMILES string of the molecule is CCn1c(=O)[nH]c2nc(NC3CCCCC3)n(Cc3ccc(O)cc3)c2c1=O. The van der Waals surface area contributed by atoms with Crippen molar-refractivity contribution < 1.29 is 5.11 Å². The normalized spacial score (nSPS) is 15.2. The van der Waals surface area contributed by atoms with Crippen LogP contribution in [0.2, 0.25) is 0 Å². The highest BCUT2D eigenvalue weighted by molar-refractivity contribution is 5.73. The molecule has 1 fully saturated rings. The molecule has 1 aliphatic rings. The minimum Gasteiger partial charge on any atom is -0.508 e. The summed E-state index contributed by atoms with van der Waals surface area (Å²) in [7, 11) is 0. The molecule has 0 saturated heterocycles. The fraction of sp³-hybridized carbons (Fsp3) is 0.450. The fourth-order valence-corrected chi connectivity index (χ4v) is 3.91. The molecule has 4 rings (SSSR count). The topological polar surface area (TPSA) is 105 Å². The number of imidazole rings is 1. The zero-order valence-electron chi connectivity index (χ0n) is 15.9. The van der Waals surface area contributed by atoms with E-state index in [1.54, 1.807) is 19.1 Å². The predicted molar refractivity (Wildman–Crippen MR) is 108 cm³/mol. The number of aromatic hydroxyl groups is 1. The van der Waals surface area contributed by atoms with E-state index in [9.17, 15) is 14.7 Å². The summed E-state index contributed by atoms with van der Waals surface area (Å²) in [5.74, 6) is 0.786. The van der Waals surface area contributed by atoms with Gasteiger partial charge >= 0.3 is 5.69 Å². The van der Waals surface area contributed by atoms with Crippen molar-refractivity contribution in [2.24, 2.45) is 0 Å². The summed E-state index contributed by atoms with van der Waals surface area (Å²) < 4.78 is 3.02. The number of anilines is 1. The van der Waals surface area contributed by atoms with E-state index in [2.05, 4.69) is 15.3 Å². The van der Waals surface area contributed by atoms with E-state index >= 15 is 0 Å². The molecule has 0 amide bonds. The van der Waals surface area contributed by atoms with Crippen LogP contribution in [0.3, 0.4) is 0 Å². The van der Waals surface area contributed by atoms with Crippen LogP contribution < -0.4 is 16.6 Å². The Hall–Kier alpha value is -3.03. The van der Waals surface area contributed by atoms with Crippen molar-refractivity contribution >= 4 is 17.1 Å². The molecule has 148 valence electrons. The minimum atomic E-state index is -0.446. The molecule has 28 heavy (non-hydrogen) atoms. The van der Waals surface area contributed by atoms with E-state index in [1.165, 1.54) is 23.8 Å². The molecule has 1 aromatic carbocycles. The van der Waals surface area contributed by atoms with Crippen LogP contribution in [-0.4, -0.2) is 30.3 Å². The lowest BCUT2D eigenvalue weighted by Gasteiger charge is -2.23. The van der Waals surface area contributed by atoms with E-state index in [0.717, 1.165) is 18.4 Å². The number of fused-ring (bicyclic) bond motifs is 1. The van der Waals surface area contributed by atoms with E-state index < -0.39 is 5.69 Å². The number of benzene rings is 1. The van der Waals surface area contributed by atoms with Gasteiger partial charge in [-0.15, -0.1) is 0 Å². The fourth-order valence-electron chi connectivity index (χ4n) is 3.91. The lowest BCUT2D eigenvalue weighted by atomic mass is 9.96. The highest BCUT2D eigenvalue weighted by atomic mass is 16.3. The van der Waals surface area contributed by atoms with Crippen molar-refractivity contribution in [2.75, 3.05) is 5.32 Å². The van der Waals surface area contributed by atoms with E-state index in [4.69, 9.17) is 0 Å². The van der Waals surface area contributed by atoms with E-state index in [0.29, 0.717) is 36.2 Å². The van der Waals surface area contributed by atoms with Crippen LogP contribution in [0.1, 0.15) is 44.6 Å². The van der Waals surface area contributed by atoms with Crippen LogP contribution in [-0.2, 0) is 13.1 Å². The van der Waals surface area contributed by atoms with Crippen molar-refractivity contribution in [3.8, 4) is 5.75 Å². The van der Waals surface area contributed by atoms with Crippen LogP contribution in [0.5, 0.6) is 5.75 Å². The Labute approximate surface area is 161 Å². The minimum absolute atomic E-state index is 0.192. The molecular weight excluding hydrogens is 358 g/mol. The lowest BCUT2D eigenvalue weighted by Crippen LogP contribution is -2.35. The average Bonchev–Trinajstić information content (AvgIpc) is 3.01. The molecule has 0 radical (unpaired) electrons. The molecule has 2 heterocycles. The number of hydrogen-bond donors (Lipinski definition) is 3. The zero-order chi connectivity index (χ0) is 19.7. The summed E-state index contributed by atoms with van der Waals surface area (Å²) >= 11 is 0. The van der Waals surface area contributed by atoms with Crippen LogP contribution >= 0.6 is 0 Å². The highest BCUT2D eigenvalue weighted by Crippen LogP contribution is 2.24. The Morgan fingerprint density at radius 2 is 1.86 bits per heavy atom. The summed E-state index contributed by atoms with van der Waals surface area (Å²) in [6.45, 7) is 2.47. The molecule has 0 bridgehead atoms. The quantitative estimate of drug-likeness (QED) is 0.627. The molecule has 0 aliphatic heterocycles. The third-order valence-corrected chi connectivity index (χ3v) is 5.42. The van der Waals surface area contributed by atoms with Crippen molar-refractivity contribution in [3.05, 3.63) is 50.7 Å². The largest absolute Gasteiger partial charge is 0.508 e. The van der Waals surface area contributed by atoms with E-state index in [1.807, 2.05) is 16.7 Å². The average molecular weight is 383 g/mol. The number of phenolic OH excluding ortho intramolecular Hbond substituents is 1. The zero-order valence-corrected chi connectivity index (χ0v) is 15.9. The van der Waals surface area contributed by atoms with Gasteiger partial charge in [0.25, 0.3) is 5.56 Å². The van der Waals surface area contributed by atoms with Crippen LogP contribution in [0, 0.1) is 0 Å². The van der Waals surface area contributed by atoms with Crippen LogP contribution in [0.4, 0.5) is 5.95 Å². The van der Waals surface area contributed by atoms with Gasteiger partial charge in [-0.25, -0.2) is 4.79 Å². The van der Waals surface area contributed by atoms with Crippen LogP contribution in [0.25, 0.3) is 11.2 Å². The Bertz CT molecular complexity index is 1090. The Kier molecular flexibility index (Phi) is 4.93. The highest BCUT2D eigenvalue weighted by Gasteiger charge is 2.21. The number of aromatic nitrogens is 4. The number of phenols is 1. The van der Waals surface area contributed by atoms with Crippen molar-refractivity contribution in [1.82, 2.24) is 19.1 Å². The van der Waals surface area contributed by atoms with Gasteiger partial charge in [-0.1, -0.05) is 31.4 Å². The van der Waals surface area contributed by atoms with Crippen molar-refractivity contribution in [1.29, 1.82) is 0 Å². The number of H-pyrrole nitrogens is 1. The second kappa shape index (κ2) is 7.53. The molecular formula is C20H25N5O3. The van der Waals surface area contributed by atoms with E-state index in [-0.39, 0.29) is 11.3 Å². The van der Waals surface area contributed by atoms with Gasteiger partial charge in [-0.05, 0) is 37.5 Å². The lowest BCUT2D eigenvalue weighted by molar-refractivity contribution is 0.459. The first-order valence-electron chi connectivity index (χ1n) is 9.84. The maximum absolute atomic E-state index is 13.0. The summed E-state index contributed by atoms with van der Waals surface area (Å²) in [5.41, 5.74) is 0.824. The number of aromatic amines is 1. The van der Waals surface area contributed by atoms with Crippen LogP contribution in [0.15, 0.2) is 33.9 Å². The number of rotatable bonds is 5. The van der Waals surface area contributed by atoms with Gasteiger partial charge < -0.3 is 10.4 Å². The Balaban J connectivity index is 1.83. The molecule has 8 nitrogen and oxygen atoms in total. The molecule has 2 aromatic heterocycles. The molecule has 1 aliphatic carbocycles. The van der Waals surface area contributed by atoms with Gasteiger partial charge in [0.05, 0.1) is 6.54 Å². The molecule has 0 atom stereocenters. The van der Waals surface area contributed by atoms with Gasteiger partial charge in [-0.3, -0.25) is 18.9 Å². The molecule has 3 aromatic rings. The molecule has 8 heteroatoms. The monoisotopic (exact) mass is 383 g/mol. The third kappa shape index (κ3) is 3.42. The first kappa shape index (κ1) is 18.3. The third-order valence-electron chi connectivity index (χ3n) is 5.42. The van der Waals surface area contributed by atoms with Gasteiger partial charge in [0.2, 0.25) is 5.95 Å². The Morgan fingerprint density at radius 1 is 1.14 bits per heavy atom. The smallest absolute Gasteiger partial charge is 0.330 e. The van der Waals surface area contributed by atoms with Crippen molar-refractivity contribution in [2.45, 2.75) is 58.2 Å². The summed E-state index contributed by atoms with van der Waals surface area (Å²) in [6.07, 6.45) is 5.73. The van der Waals surface area contributed by atoms with Gasteiger partial charge in [0, 0.05) is 12.6 Å². The number of nitrogens with one attached hydrogen (secondary N) is 2. The molecule has 1 saturated carbocycles. The second-order valence-electron chi connectivity index (χ2n) is 7.34. The number of nitrogens with zero attached hydrogens (tertiary/aromatic N) is 3. The van der Waals surface area contributed by atoms with Gasteiger partial charge in [-0.2, -0.15) is 4.98 Å². The van der Waals surface area contributed by atoms with Gasteiger partial charge in [0.15, 0.2) is 11.2 Å². The number of hydrogen-bond acceptors (Lipinski definition) is 5. The standard InChI is InChI=1S/C20H25N5O3/c1-2-24-18(27)16-17(23-20(24)28)22-19(21-14-6-4-3-5-7-14)25(16)12-13-8-10-15(26)11-9-13/h8-11,14,26H,2-7,12H2,1H3,(H,21,22)(H,23,28). The Morgan fingerprint density at radius 3 is 2.54 bits per heavy atom.